The van der Waals surface area contributed by atoms with Crippen molar-refractivity contribution >= 4 is 11.9 Å². The first kappa shape index (κ1) is 15.6. The van der Waals surface area contributed by atoms with E-state index in [9.17, 15) is 14.7 Å². The molecular formula is C18H21NO4. The summed E-state index contributed by atoms with van der Waals surface area (Å²) in [5.74, 6) is -1.19. The lowest BCUT2D eigenvalue weighted by Crippen LogP contribution is -2.40. The predicted octanol–water partition coefficient (Wildman–Crippen LogP) is 1.88. The quantitative estimate of drug-likeness (QED) is 0.786. The number of carbonyl (C=O) groups is 2. The largest absolute Gasteiger partial charge is 0.496 e. The zero-order chi connectivity index (χ0) is 16.4. The summed E-state index contributed by atoms with van der Waals surface area (Å²) in [7, 11) is 1.62. The molecule has 1 aromatic carbocycles. The smallest absolute Gasteiger partial charge is 0.307 e. The van der Waals surface area contributed by atoms with Crippen LogP contribution in [0.4, 0.5) is 0 Å². The second-order valence-electron chi connectivity index (χ2n) is 6.19. The molecule has 1 fully saturated rings. The van der Waals surface area contributed by atoms with Crippen LogP contribution < -0.4 is 10.1 Å². The number of rotatable bonds is 6. The third kappa shape index (κ3) is 2.96. The first-order valence-corrected chi connectivity index (χ1v) is 7.92. The molecule has 122 valence electrons. The average molecular weight is 315 g/mol. The highest BCUT2D eigenvalue weighted by molar-refractivity contribution is 5.86. The second-order valence-corrected chi connectivity index (χ2v) is 6.19. The van der Waals surface area contributed by atoms with Gasteiger partial charge in [-0.3, -0.25) is 9.59 Å². The lowest BCUT2D eigenvalue weighted by atomic mass is 9.82. The van der Waals surface area contributed by atoms with Gasteiger partial charge in [0.25, 0.3) is 0 Å². The maximum absolute atomic E-state index is 12.5. The van der Waals surface area contributed by atoms with Gasteiger partial charge in [-0.15, -0.1) is 0 Å². The van der Waals surface area contributed by atoms with E-state index in [1.54, 1.807) is 7.11 Å². The number of hydrogen-bond donors (Lipinski definition) is 2. The van der Waals surface area contributed by atoms with E-state index in [-0.39, 0.29) is 17.7 Å². The molecule has 1 amide bonds. The minimum atomic E-state index is -0.869. The van der Waals surface area contributed by atoms with Crippen LogP contribution in [0.3, 0.4) is 0 Å². The molecule has 1 saturated carbocycles. The summed E-state index contributed by atoms with van der Waals surface area (Å²) in [5, 5.41) is 12.3. The first-order chi connectivity index (χ1) is 11.1. The number of carboxylic acids is 1. The third-order valence-corrected chi connectivity index (χ3v) is 4.93. The van der Waals surface area contributed by atoms with Crippen LogP contribution in [0, 0.1) is 23.7 Å². The number of benzene rings is 1. The number of nitrogens with one attached hydrogen (secondary N) is 1. The molecule has 0 spiro atoms. The third-order valence-electron chi connectivity index (χ3n) is 4.93. The van der Waals surface area contributed by atoms with E-state index in [1.807, 2.05) is 36.4 Å². The van der Waals surface area contributed by atoms with E-state index in [1.165, 1.54) is 0 Å². The Labute approximate surface area is 135 Å². The van der Waals surface area contributed by atoms with Crippen LogP contribution in [0.25, 0.3) is 0 Å². The van der Waals surface area contributed by atoms with Crippen LogP contribution in [0.5, 0.6) is 5.75 Å². The van der Waals surface area contributed by atoms with Gasteiger partial charge in [-0.05, 0) is 36.3 Å². The van der Waals surface area contributed by atoms with Gasteiger partial charge in [-0.2, -0.15) is 0 Å². The Morgan fingerprint density at radius 1 is 1.22 bits per heavy atom. The van der Waals surface area contributed by atoms with E-state index >= 15 is 0 Å². The molecule has 2 N–H and O–H groups in total. The number of ether oxygens (including phenoxy) is 1. The molecule has 2 bridgehead atoms. The highest BCUT2D eigenvalue weighted by Crippen LogP contribution is 2.48. The summed E-state index contributed by atoms with van der Waals surface area (Å²) in [6.07, 6.45) is 5.38. The van der Waals surface area contributed by atoms with Gasteiger partial charge in [-0.25, -0.2) is 0 Å². The number of carboxylic acid groups (broad SMARTS) is 1. The van der Waals surface area contributed by atoms with Gasteiger partial charge in [0.1, 0.15) is 5.75 Å². The highest BCUT2D eigenvalue weighted by Gasteiger charge is 2.51. The molecule has 4 atom stereocenters. The van der Waals surface area contributed by atoms with Crippen molar-refractivity contribution in [3.63, 3.8) is 0 Å². The Morgan fingerprint density at radius 2 is 1.91 bits per heavy atom. The fourth-order valence-electron chi connectivity index (χ4n) is 3.86. The number of hydrogen-bond acceptors (Lipinski definition) is 3. The fourth-order valence-corrected chi connectivity index (χ4v) is 3.86. The molecule has 0 saturated heterocycles. The van der Waals surface area contributed by atoms with E-state index in [0.717, 1.165) is 17.7 Å². The fraction of sp³-hybridized carbons (Fsp3) is 0.444. The molecule has 5 nitrogen and oxygen atoms in total. The SMILES string of the molecule is COc1ccccc1CCNC(=O)[C@@H]1[C@H](C(=O)O)[C@H]2C=C[C@H]1C2. The number of aliphatic carboxylic acids is 1. The molecule has 1 aromatic rings. The Balaban J connectivity index is 1.59. The number of carbonyl (C=O) groups excluding carboxylic acids is 1. The van der Waals surface area contributed by atoms with Crippen molar-refractivity contribution in [2.75, 3.05) is 13.7 Å². The van der Waals surface area contributed by atoms with Crippen LogP contribution in [0.15, 0.2) is 36.4 Å². The van der Waals surface area contributed by atoms with Crippen LogP contribution in [0.2, 0.25) is 0 Å². The van der Waals surface area contributed by atoms with Crippen LogP contribution in [0.1, 0.15) is 12.0 Å². The monoisotopic (exact) mass is 315 g/mol. The van der Waals surface area contributed by atoms with Gasteiger partial charge in [0.2, 0.25) is 5.91 Å². The van der Waals surface area contributed by atoms with Gasteiger partial charge < -0.3 is 15.2 Å². The van der Waals surface area contributed by atoms with Crippen molar-refractivity contribution in [3.05, 3.63) is 42.0 Å². The molecule has 0 aromatic heterocycles. The molecule has 0 aliphatic heterocycles. The minimum Gasteiger partial charge on any atom is -0.496 e. The number of amides is 1. The number of para-hydroxylation sites is 1. The van der Waals surface area contributed by atoms with Crippen molar-refractivity contribution < 1.29 is 19.4 Å². The summed E-state index contributed by atoms with van der Waals surface area (Å²) < 4.78 is 5.29. The van der Waals surface area contributed by atoms with E-state index in [2.05, 4.69) is 5.32 Å². The zero-order valence-electron chi connectivity index (χ0n) is 13.1. The average Bonchev–Trinajstić information content (AvgIpc) is 3.16. The summed E-state index contributed by atoms with van der Waals surface area (Å²) in [6.45, 7) is 0.475. The first-order valence-electron chi connectivity index (χ1n) is 7.92. The maximum atomic E-state index is 12.5. The zero-order valence-corrected chi connectivity index (χ0v) is 13.1. The van der Waals surface area contributed by atoms with Gasteiger partial charge in [0, 0.05) is 6.54 Å². The topological polar surface area (TPSA) is 75.6 Å². The van der Waals surface area contributed by atoms with Gasteiger partial charge in [0.15, 0.2) is 0 Å². The Kier molecular flexibility index (Phi) is 4.37. The molecule has 0 heterocycles. The van der Waals surface area contributed by atoms with Crippen molar-refractivity contribution in [1.82, 2.24) is 5.32 Å². The predicted molar refractivity (Wildman–Crippen MR) is 85.1 cm³/mol. The van der Waals surface area contributed by atoms with Crippen molar-refractivity contribution in [2.45, 2.75) is 12.8 Å². The summed E-state index contributed by atoms with van der Waals surface area (Å²) in [5.41, 5.74) is 1.03. The van der Waals surface area contributed by atoms with E-state index in [0.29, 0.717) is 13.0 Å². The highest BCUT2D eigenvalue weighted by atomic mass is 16.5. The molecule has 2 aliphatic carbocycles. The van der Waals surface area contributed by atoms with Crippen LogP contribution in [-0.4, -0.2) is 30.6 Å². The maximum Gasteiger partial charge on any atom is 0.307 e. The molecule has 0 radical (unpaired) electrons. The normalized spacial score (nSPS) is 27.9. The lowest BCUT2D eigenvalue weighted by Gasteiger charge is -2.23. The Morgan fingerprint density at radius 3 is 2.61 bits per heavy atom. The molecule has 3 rings (SSSR count). The second kappa shape index (κ2) is 6.44. The van der Waals surface area contributed by atoms with Crippen molar-refractivity contribution in [1.29, 1.82) is 0 Å². The summed E-state index contributed by atoms with van der Waals surface area (Å²) in [6, 6.07) is 7.68. The van der Waals surface area contributed by atoms with Crippen LogP contribution in [-0.2, 0) is 16.0 Å². The molecule has 0 unspecified atom stereocenters. The van der Waals surface area contributed by atoms with Crippen LogP contribution >= 0.6 is 0 Å². The standard InChI is InChI=1S/C18H21NO4/c1-23-14-5-3-2-4-11(14)8-9-19-17(20)15-12-6-7-13(10-12)16(15)18(21)22/h2-7,12-13,15-16H,8-10H2,1H3,(H,19,20)(H,21,22)/t12-,13-,15-,16+/m0/s1. The molecular weight excluding hydrogens is 294 g/mol. The molecule has 5 heteroatoms. The summed E-state index contributed by atoms with van der Waals surface area (Å²) in [4.78, 5) is 23.9. The number of allylic oxidation sites excluding steroid dienone is 2. The minimum absolute atomic E-state index is 0.00228. The number of fused-ring (bicyclic) bond motifs is 2. The van der Waals surface area contributed by atoms with Crippen molar-refractivity contribution in [2.24, 2.45) is 23.7 Å². The Hall–Kier alpha value is -2.30. The van der Waals surface area contributed by atoms with Gasteiger partial charge in [0.05, 0.1) is 18.9 Å². The van der Waals surface area contributed by atoms with Gasteiger partial charge in [-0.1, -0.05) is 30.4 Å². The summed E-state index contributed by atoms with van der Waals surface area (Å²) >= 11 is 0. The van der Waals surface area contributed by atoms with E-state index < -0.39 is 17.8 Å². The van der Waals surface area contributed by atoms with Crippen molar-refractivity contribution in [3.8, 4) is 5.75 Å². The van der Waals surface area contributed by atoms with E-state index in [4.69, 9.17) is 4.74 Å². The van der Waals surface area contributed by atoms with Gasteiger partial charge >= 0.3 is 5.97 Å². The Bertz CT molecular complexity index is 640. The molecule has 2 aliphatic rings. The molecule has 23 heavy (non-hydrogen) atoms. The number of methoxy groups -OCH3 is 1. The lowest BCUT2D eigenvalue weighted by molar-refractivity contribution is -0.147.